The van der Waals surface area contributed by atoms with Crippen LogP contribution in [-0.2, 0) is 96.8 Å². The molecule has 0 saturated carbocycles. The van der Waals surface area contributed by atoms with Crippen LogP contribution in [0.3, 0.4) is 0 Å². The number of unbranched alkanes of at least 4 members (excludes halogenated alkanes) is 48. The Morgan fingerprint density at radius 3 is 0.257 bits per heavy atom. The predicted octanol–water partition coefficient (Wildman–Crippen LogP) is 30.4. The molecule has 0 aliphatic carbocycles. The molecule has 19 heteroatoms. The maximum atomic E-state index is 5.16. The normalized spacial score (nSPS) is 10.5. The quantitative estimate of drug-likeness (QED) is 0.0249. The molecule has 109 heavy (non-hydrogen) atoms. The van der Waals surface area contributed by atoms with Gasteiger partial charge < -0.3 is 178 Å². The molecule has 0 amide bonds. The Kier molecular flexibility index (Phi) is 122. The zero-order valence-electron chi connectivity index (χ0n) is 73.9. The molecule has 0 saturated heterocycles. The standard InChI is InChI=1S/6C15H31NS2.Mo/c6*1-3-5-7-9-11-13-16(15(17)18)14-12-10-8-6-4-2;/h6*3-14H2,1-2H3,(H,17,18);/p-6. The van der Waals surface area contributed by atoms with Gasteiger partial charge in [-0.25, -0.2) is 0 Å². The molecule has 0 bridgehead atoms. The molecule has 0 rings (SSSR count). The molecule has 6 nitrogen and oxygen atoms in total. The molecule has 0 radical (unpaired) electrons. The van der Waals surface area contributed by atoms with Crippen molar-refractivity contribution in [3.05, 3.63) is 0 Å². The van der Waals surface area contributed by atoms with E-state index in [1.807, 2.05) is 0 Å². The van der Waals surface area contributed by atoms with Crippen LogP contribution in [-0.4, -0.2) is 134 Å². The first-order valence-electron chi connectivity index (χ1n) is 46.1. The maximum absolute atomic E-state index is 5.16. The Hall–Kier alpha value is 1.35. The first-order valence-corrected chi connectivity index (χ1v) is 51.0. The molecule has 0 aromatic heterocycles. The van der Waals surface area contributed by atoms with Crippen molar-refractivity contribution in [2.75, 3.05) is 78.5 Å². The Balaban J connectivity index is -0.000000229. The minimum absolute atomic E-state index is 0. The second-order valence-electron chi connectivity index (χ2n) is 30.5. The smallest absolute Gasteiger partial charge is 0.0162 e. The summed E-state index contributed by atoms with van der Waals surface area (Å²) in [5.74, 6) is 0. The van der Waals surface area contributed by atoms with Gasteiger partial charge in [0.15, 0.2) is 0 Å². The first-order chi connectivity index (χ1) is 52.3. The largest absolute Gasteiger partial charge is 0.411 e. The van der Waals surface area contributed by atoms with E-state index < -0.39 is 0 Å². The molecular formula is C90H180MoN6S12-6. The summed E-state index contributed by atoms with van der Waals surface area (Å²) in [5.41, 5.74) is 0. The fraction of sp³-hybridized carbons (Fsp3) is 0.933. The summed E-state index contributed by atoms with van der Waals surface area (Å²) < 4.78 is 4.01. The van der Waals surface area contributed by atoms with Gasteiger partial charge in [0.05, 0.1) is 0 Å². The third-order valence-electron chi connectivity index (χ3n) is 19.9. The van der Waals surface area contributed by atoms with Gasteiger partial charge in [-0.1, -0.05) is 417 Å². The van der Waals surface area contributed by atoms with Crippen LogP contribution in [0.25, 0.3) is 0 Å². The van der Waals surface area contributed by atoms with E-state index in [-0.39, 0.29) is 21.1 Å². The number of nitrogens with zero attached hydrogens (tertiary/aromatic N) is 6. The Labute approximate surface area is 764 Å². The third-order valence-corrected chi connectivity index (χ3v) is 23.0. The molecule has 0 fully saturated rings. The van der Waals surface area contributed by atoms with Crippen LogP contribution in [0.4, 0.5) is 0 Å². The van der Waals surface area contributed by atoms with E-state index in [4.69, 9.17) is 149 Å². The van der Waals surface area contributed by atoms with Gasteiger partial charge in [0.1, 0.15) is 0 Å². The molecule has 0 heterocycles. The summed E-state index contributed by atoms with van der Waals surface area (Å²) in [6, 6.07) is 0. The van der Waals surface area contributed by atoms with E-state index in [0.29, 0.717) is 25.9 Å². The summed E-state index contributed by atoms with van der Waals surface area (Å²) in [4.78, 5) is 13.3. The van der Waals surface area contributed by atoms with E-state index >= 15 is 0 Å². The SMILES string of the molecule is CCCCCCCN(CCCCCCC)C(=S)[S-].CCCCCCCN(CCCCCCC)C(=S)[S-].CCCCCCCN(CCCCCCC)C(=S)[S-].CCCCCCCN(CCCCCCC)C(=S)[S-].CCCCCCCN(CCCCCCC)C(=S)[S-].CCCCCCCN(CCCCCCC)C(=S)[S-].[Mo]. The van der Waals surface area contributed by atoms with Gasteiger partial charge in [-0.05, 0) is 77.0 Å². The minimum Gasteiger partial charge on any atom is -0.411 e. The van der Waals surface area contributed by atoms with E-state index in [9.17, 15) is 0 Å². The van der Waals surface area contributed by atoms with Gasteiger partial charge in [0.25, 0.3) is 0 Å². The summed E-state index contributed by atoms with van der Waals surface area (Å²) >= 11 is 61.9. The van der Waals surface area contributed by atoms with Gasteiger partial charge in [-0.3, -0.25) is 0 Å². The van der Waals surface area contributed by atoms with Crippen LogP contribution in [0.1, 0.15) is 468 Å². The zero-order chi connectivity index (χ0) is 81.8. The van der Waals surface area contributed by atoms with Crippen molar-refractivity contribution < 1.29 is 21.1 Å². The molecular weight excluding hydrogens is 1650 g/mol. The van der Waals surface area contributed by atoms with Crippen molar-refractivity contribution in [3.8, 4) is 0 Å². The average Bonchev–Trinajstić information content (AvgIpc) is 1.10. The van der Waals surface area contributed by atoms with Crippen LogP contribution in [0.2, 0.25) is 0 Å². The van der Waals surface area contributed by atoms with Crippen molar-refractivity contribution in [2.24, 2.45) is 0 Å². The van der Waals surface area contributed by atoms with E-state index in [1.165, 1.54) is 385 Å². The minimum atomic E-state index is 0. The first kappa shape index (κ1) is 124. The van der Waals surface area contributed by atoms with Crippen LogP contribution in [0.15, 0.2) is 0 Å². The van der Waals surface area contributed by atoms with Gasteiger partial charge in [-0.2, -0.15) is 0 Å². The fourth-order valence-corrected chi connectivity index (χ4v) is 14.8. The third kappa shape index (κ3) is 105. The summed E-state index contributed by atoms with van der Waals surface area (Å²) in [7, 11) is 0. The van der Waals surface area contributed by atoms with Crippen LogP contribution >= 0.6 is 73.3 Å². The molecule has 0 aromatic rings. The molecule has 0 aliphatic rings. The topological polar surface area (TPSA) is 19.4 Å². The van der Waals surface area contributed by atoms with Gasteiger partial charge in [-0.15, -0.1) is 0 Å². The van der Waals surface area contributed by atoms with Gasteiger partial charge >= 0.3 is 0 Å². The van der Waals surface area contributed by atoms with E-state index in [1.54, 1.807) is 0 Å². The van der Waals surface area contributed by atoms with Gasteiger partial charge in [0.2, 0.25) is 0 Å². The molecule has 0 aromatic carbocycles. The summed E-state index contributed by atoms with van der Waals surface area (Å²) in [5, 5.41) is 0. The summed E-state index contributed by atoms with van der Waals surface area (Å²) in [6.45, 7) is 39.8. The monoisotopic (exact) mass is 1830 g/mol. The number of thiocarbonyl (C=S) groups is 6. The number of hydrogen-bond acceptors (Lipinski definition) is 12. The number of hydrogen-bond donors (Lipinski definition) is 0. The van der Waals surface area contributed by atoms with Crippen LogP contribution < -0.4 is 0 Å². The predicted molar refractivity (Wildman–Crippen MR) is 534 cm³/mol. The van der Waals surface area contributed by atoms with Crippen molar-refractivity contribution in [1.29, 1.82) is 0 Å². The zero-order valence-corrected chi connectivity index (χ0v) is 85.7. The fourth-order valence-electron chi connectivity index (χ4n) is 12.6. The second kappa shape index (κ2) is 107. The van der Waals surface area contributed by atoms with Crippen molar-refractivity contribution >= 4 is 175 Å². The molecule has 0 spiro atoms. The second-order valence-corrected chi connectivity index (χ2v) is 36.7. The molecule has 0 atom stereocenters. The molecule has 0 aliphatic heterocycles. The van der Waals surface area contributed by atoms with Crippen LogP contribution in [0.5, 0.6) is 0 Å². The van der Waals surface area contributed by atoms with Crippen LogP contribution in [0, 0.1) is 0 Å². The van der Waals surface area contributed by atoms with E-state index in [2.05, 4.69) is 112 Å². The Morgan fingerprint density at radius 2 is 0.202 bits per heavy atom. The Morgan fingerprint density at radius 1 is 0.138 bits per heavy atom. The number of rotatable bonds is 72. The molecule has 654 valence electrons. The van der Waals surface area contributed by atoms with Gasteiger partial charge in [0, 0.05) is 99.6 Å². The molecule has 0 unspecified atom stereocenters. The summed E-state index contributed by atoms with van der Waals surface area (Å²) in [6.07, 6.45) is 78.9. The van der Waals surface area contributed by atoms with Crippen molar-refractivity contribution in [3.63, 3.8) is 0 Å². The average molecular weight is 1830 g/mol. The van der Waals surface area contributed by atoms with E-state index in [0.717, 1.165) is 78.5 Å². The Bertz CT molecular complexity index is 1420. The van der Waals surface area contributed by atoms with Crippen molar-refractivity contribution in [2.45, 2.75) is 468 Å². The van der Waals surface area contributed by atoms with Crippen molar-refractivity contribution in [1.82, 2.24) is 29.4 Å². The maximum Gasteiger partial charge on any atom is 0.0162 e. The molecule has 0 N–H and O–H groups in total.